The van der Waals surface area contributed by atoms with E-state index in [0.717, 1.165) is 6.07 Å². The van der Waals surface area contributed by atoms with Crippen LogP contribution in [0.15, 0.2) is 18.2 Å². The number of carbonyl (C=O) groups is 1. The minimum Gasteiger partial charge on any atom is -0.507 e. The summed E-state index contributed by atoms with van der Waals surface area (Å²) >= 11 is 0. The first kappa shape index (κ1) is 13.2. The molecule has 0 spiro atoms. The number of phenols is 1. The van der Waals surface area contributed by atoms with Gasteiger partial charge in [-0.1, -0.05) is 20.8 Å². The van der Waals surface area contributed by atoms with Crippen molar-refractivity contribution >= 4 is 11.5 Å². The molecule has 1 rings (SSSR count). The fourth-order valence-corrected chi connectivity index (χ4v) is 1.44. The molecule has 0 bridgehead atoms. The smallest absolute Gasteiger partial charge is 0.270 e. The quantitative estimate of drug-likeness (QED) is 0.498. The summed E-state index contributed by atoms with van der Waals surface area (Å²) in [7, 11) is 0. The van der Waals surface area contributed by atoms with E-state index in [4.69, 9.17) is 0 Å². The summed E-state index contributed by atoms with van der Waals surface area (Å²) in [5, 5.41) is 20.1. The number of ketones is 1. The number of nitro groups is 1. The van der Waals surface area contributed by atoms with E-state index in [1.807, 2.05) is 20.8 Å². The summed E-state index contributed by atoms with van der Waals surface area (Å²) < 4.78 is 0. The van der Waals surface area contributed by atoms with Crippen LogP contribution in [0.25, 0.3) is 0 Å². The molecule has 0 aliphatic rings. The van der Waals surface area contributed by atoms with Crippen molar-refractivity contribution < 1.29 is 14.8 Å². The highest BCUT2D eigenvalue weighted by atomic mass is 16.6. The van der Waals surface area contributed by atoms with Gasteiger partial charge in [-0.2, -0.15) is 0 Å². The van der Waals surface area contributed by atoms with Crippen molar-refractivity contribution in [1.82, 2.24) is 0 Å². The fraction of sp³-hybridized carbons (Fsp3) is 0.417. The van der Waals surface area contributed by atoms with Crippen LogP contribution in [0.2, 0.25) is 0 Å². The number of carbonyl (C=O) groups excluding carboxylic acids is 1. The summed E-state index contributed by atoms with van der Waals surface area (Å²) in [4.78, 5) is 21.9. The van der Waals surface area contributed by atoms with Gasteiger partial charge in [0.2, 0.25) is 0 Å². The van der Waals surface area contributed by atoms with Crippen LogP contribution in [0.5, 0.6) is 5.75 Å². The number of Topliss-reactive ketones (excluding diaryl/α,β-unsaturated/α-hetero) is 1. The molecule has 0 atom stereocenters. The van der Waals surface area contributed by atoms with Gasteiger partial charge in [-0.3, -0.25) is 14.9 Å². The van der Waals surface area contributed by atoms with E-state index in [9.17, 15) is 20.0 Å². The third-order valence-corrected chi connectivity index (χ3v) is 2.18. The summed E-state index contributed by atoms with van der Waals surface area (Å²) in [6.45, 7) is 5.66. The molecule has 0 saturated heterocycles. The van der Waals surface area contributed by atoms with Crippen molar-refractivity contribution in [3.63, 3.8) is 0 Å². The Morgan fingerprint density at radius 1 is 1.41 bits per heavy atom. The van der Waals surface area contributed by atoms with Gasteiger partial charge in [0.25, 0.3) is 5.69 Å². The van der Waals surface area contributed by atoms with E-state index in [2.05, 4.69) is 0 Å². The zero-order valence-electron chi connectivity index (χ0n) is 10.1. The SMILES string of the molecule is CC(C)(C)CC(=O)c1cc([N+](=O)[O-])ccc1O. The monoisotopic (exact) mass is 237 g/mol. The molecule has 0 radical (unpaired) electrons. The van der Waals surface area contributed by atoms with E-state index >= 15 is 0 Å². The zero-order chi connectivity index (χ0) is 13.2. The molecular formula is C12H15NO4. The molecule has 0 aliphatic heterocycles. The highest BCUT2D eigenvalue weighted by Crippen LogP contribution is 2.28. The van der Waals surface area contributed by atoms with E-state index in [0.29, 0.717) is 0 Å². The van der Waals surface area contributed by atoms with Crippen LogP contribution in [-0.2, 0) is 0 Å². The molecule has 0 fully saturated rings. The number of phenolic OH excluding ortho intramolecular Hbond substituents is 1. The molecule has 1 N–H and O–H groups in total. The normalized spacial score (nSPS) is 11.2. The minimum atomic E-state index is -0.590. The second-order valence-electron chi connectivity index (χ2n) is 5.12. The molecule has 1 aromatic rings. The van der Waals surface area contributed by atoms with E-state index in [1.165, 1.54) is 12.1 Å². The lowest BCUT2D eigenvalue weighted by Crippen LogP contribution is -2.13. The number of benzene rings is 1. The maximum absolute atomic E-state index is 11.9. The Bertz CT molecular complexity index is 460. The predicted molar refractivity (Wildman–Crippen MR) is 63.2 cm³/mol. The second-order valence-corrected chi connectivity index (χ2v) is 5.12. The number of aromatic hydroxyl groups is 1. The number of rotatable bonds is 3. The number of hydrogen-bond donors (Lipinski definition) is 1. The van der Waals surface area contributed by atoms with Crippen molar-refractivity contribution in [2.24, 2.45) is 5.41 Å². The summed E-state index contributed by atoms with van der Waals surface area (Å²) in [6.07, 6.45) is 0.224. The van der Waals surface area contributed by atoms with Crippen LogP contribution in [-0.4, -0.2) is 15.8 Å². The highest BCUT2D eigenvalue weighted by molar-refractivity contribution is 5.99. The average Bonchev–Trinajstić information content (AvgIpc) is 2.14. The third-order valence-electron chi connectivity index (χ3n) is 2.18. The van der Waals surface area contributed by atoms with E-state index in [-0.39, 0.29) is 34.6 Å². The average molecular weight is 237 g/mol. The van der Waals surface area contributed by atoms with Gasteiger partial charge in [0, 0.05) is 18.6 Å². The van der Waals surface area contributed by atoms with Crippen LogP contribution in [0, 0.1) is 15.5 Å². The van der Waals surface area contributed by atoms with Gasteiger partial charge in [-0.15, -0.1) is 0 Å². The summed E-state index contributed by atoms with van der Waals surface area (Å²) in [5.41, 5.74) is -0.414. The Balaban J connectivity index is 3.08. The molecular weight excluding hydrogens is 222 g/mol. The minimum absolute atomic E-state index is 0.00845. The van der Waals surface area contributed by atoms with Gasteiger partial charge in [0.1, 0.15) is 5.75 Å². The van der Waals surface area contributed by atoms with Gasteiger partial charge < -0.3 is 5.11 Å². The molecule has 17 heavy (non-hydrogen) atoms. The van der Waals surface area contributed by atoms with Crippen molar-refractivity contribution in [3.8, 4) is 5.75 Å². The van der Waals surface area contributed by atoms with Gasteiger partial charge in [0.05, 0.1) is 10.5 Å². The van der Waals surface area contributed by atoms with Crippen LogP contribution in [0.3, 0.4) is 0 Å². The molecule has 5 heteroatoms. The highest BCUT2D eigenvalue weighted by Gasteiger charge is 2.21. The van der Waals surface area contributed by atoms with Crippen LogP contribution >= 0.6 is 0 Å². The van der Waals surface area contributed by atoms with E-state index < -0.39 is 4.92 Å². The fourth-order valence-electron chi connectivity index (χ4n) is 1.44. The Hall–Kier alpha value is -1.91. The maximum atomic E-state index is 11.9. The van der Waals surface area contributed by atoms with E-state index in [1.54, 1.807) is 0 Å². The van der Waals surface area contributed by atoms with Gasteiger partial charge in [-0.05, 0) is 11.5 Å². The van der Waals surface area contributed by atoms with Crippen molar-refractivity contribution in [2.75, 3.05) is 0 Å². The molecule has 0 saturated carbocycles. The van der Waals surface area contributed by atoms with Crippen molar-refractivity contribution in [2.45, 2.75) is 27.2 Å². The van der Waals surface area contributed by atoms with Gasteiger partial charge in [0.15, 0.2) is 5.78 Å². The van der Waals surface area contributed by atoms with Crippen LogP contribution in [0.1, 0.15) is 37.6 Å². The topological polar surface area (TPSA) is 80.4 Å². The Morgan fingerprint density at radius 3 is 2.47 bits per heavy atom. The summed E-state index contributed by atoms with van der Waals surface area (Å²) in [6, 6.07) is 3.46. The first-order valence-electron chi connectivity index (χ1n) is 5.21. The molecule has 0 amide bonds. The van der Waals surface area contributed by atoms with Crippen molar-refractivity contribution in [3.05, 3.63) is 33.9 Å². The van der Waals surface area contributed by atoms with Gasteiger partial charge >= 0.3 is 0 Å². The Labute approximate surface area is 99.2 Å². The Kier molecular flexibility index (Phi) is 3.50. The molecule has 0 aromatic heterocycles. The standard InChI is InChI=1S/C12H15NO4/c1-12(2,3)7-11(15)9-6-8(13(16)17)4-5-10(9)14/h4-6,14H,7H2,1-3H3. The van der Waals surface area contributed by atoms with Gasteiger partial charge in [-0.25, -0.2) is 0 Å². The Morgan fingerprint density at radius 2 is 2.00 bits per heavy atom. The molecule has 1 aromatic carbocycles. The van der Waals surface area contributed by atoms with Crippen molar-refractivity contribution in [1.29, 1.82) is 0 Å². The lowest BCUT2D eigenvalue weighted by atomic mass is 9.87. The van der Waals surface area contributed by atoms with Crippen LogP contribution in [0.4, 0.5) is 5.69 Å². The molecule has 92 valence electrons. The largest absolute Gasteiger partial charge is 0.507 e. The molecule has 0 aliphatic carbocycles. The maximum Gasteiger partial charge on any atom is 0.270 e. The number of non-ortho nitro benzene ring substituents is 1. The first-order valence-corrected chi connectivity index (χ1v) is 5.21. The van der Waals surface area contributed by atoms with Crippen LogP contribution < -0.4 is 0 Å². The number of hydrogen-bond acceptors (Lipinski definition) is 4. The second kappa shape index (κ2) is 4.53. The molecule has 5 nitrogen and oxygen atoms in total. The zero-order valence-corrected chi connectivity index (χ0v) is 10.1. The lowest BCUT2D eigenvalue weighted by Gasteiger charge is -2.16. The third kappa shape index (κ3) is 3.55. The first-order chi connectivity index (χ1) is 7.70. The lowest BCUT2D eigenvalue weighted by molar-refractivity contribution is -0.384. The predicted octanol–water partition coefficient (Wildman–Crippen LogP) is 2.92. The summed E-state index contributed by atoms with van der Waals surface area (Å²) in [5.74, 6) is -0.511. The number of nitro benzene ring substituents is 1. The molecule has 0 heterocycles. The number of nitrogens with zero attached hydrogens (tertiary/aromatic N) is 1. The molecule has 0 unspecified atom stereocenters.